The number of guanidine groups is 1. The second kappa shape index (κ2) is 11.0. The molecule has 0 saturated carbocycles. The largest absolute Gasteiger partial charge is 0.384 e. The van der Waals surface area contributed by atoms with E-state index in [4.69, 9.17) is 4.74 Å². The number of ether oxygens (including phenoxy) is 1. The molecule has 27 heavy (non-hydrogen) atoms. The molecule has 1 aromatic heterocycles. The van der Waals surface area contributed by atoms with E-state index in [9.17, 15) is 0 Å². The molecule has 0 aliphatic carbocycles. The molecule has 2 saturated heterocycles. The number of anilines is 1. The molecule has 1 aromatic rings. The molecule has 2 aliphatic heterocycles. The first-order valence-corrected chi connectivity index (χ1v) is 9.84. The fraction of sp³-hybridized carbons (Fsp3) is 0.700. The van der Waals surface area contributed by atoms with Gasteiger partial charge in [-0.3, -0.25) is 4.99 Å². The van der Waals surface area contributed by atoms with Gasteiger partial charge in [-0.05, 0) is 36.8 Å². The number of halogens is 1. The molecule has 2 fully saturated rings. The number of aromatic nitrogens is 1. The Morgan fingerprint density at radius 2 is 2.04 bits per heavy atom. The number of methoxy groups -OCH3 is 1. The summed E-state index contributed by atoms with van der Waals surface area (Å²) in [6, 6.07) is 4.33. The van der Waals surface area contributed by atoms with Crippen LogP contribution < -0.4 is 10.2 Å². The van der Waals surface area contributed by atoms with Gasteiger partial charge in [-0.2, -0.15) is 0 Å². The average Bonchev–Trinajstić information content (AvgIpc) is 3.12. The molecule has 152 valence electrons. The summed E-state index contributed by atoms with van der Waals surface area (Å²) in [6.45, 7) is 8.21. The molecule has 3 heterocycles. The molecule has 1 N–H and O–H groups in total. The number of aliphatic imine (C=N–C) groups is 1. The molecule has 1 unspecified atom stereocenters. The van der Waals surface area contributed by atoms with E-state index < -0.39 is 0 Å². The number of piperidine rings is 1. The van der Waals surface area contributed by atoms with Crippen molar-refractivity contribution in [3.8, 4) is 0 Å². The highest BCUT2D eigenvalue weighted by atomic mass is 127. The Morgan fingerprint density at radius 1 is 1.26 bits per heavy atom. The fourth-order valence-electron chi connectivity index (χ4n) is 3.86. The van der Waals surface area contributed by atoms with Gasteiger partial charge in [-0.15, -0.1) is 24.0 Å². The summed E-state index contributed by atoms with van der Waals surface area (Å²) in [5, 5.41) is 3.48. The number of hydrogen-bond donors (Lipinski definition) is 1. The van der Waals surface area contributed by atoms with Gasteiger partial charge in [-0.25, -0.2) is 4.98 Å². The third kappa shape index (κ3) is 6.20. The second-order valence-electron chi connectivity index (χ2n) is 7.65. The van der Waals surface area contributed by atoms with E-state index in [1.54, 1.807) is 7.11 Å². The highest BCUT2D eigenvalue weighted by Crippen LogP contribution is 2.21. The van der Waals surface area contributed by atoms with Gasteiger partial charge in [0.25, 0.3) is 0 Å². The van der Waals surface area contributed by atoms with E-state index in [1.807, 2.05) is 13.2 Å². The van der Waals surface area contributed by atoms with E-state index in [0.29, 0.717) is 5.92 Å². The van der Waals surface area contributed by atoms with Crippen LogP contribution in [0.5, 0.6) is 0 Å². The van der Waals surface area contributed by atoms with Gasteiger partial charge in [0.15, 0.2) is 5.96 Å². The molecule has 6 nitrogen and oxygen atoms in total. The van der Waals surface area contributed by atoms with Gasteiger partial charge in [-0.1, -0.05) is 13.0 Å². The molecule has 0 bridgehead atoms. The molecule has 2 aliphatic rings. The van der Waals surface area contributed by atoms with Crippen molar-refractivity contribution in [2.24, 2.45) is 16.8 Å². The van der Waals surface area contributed by atoms with Crippen LogP contribution >= 0.6 is 24.0 Å². The van der Waals surface area contributed by atoms with E-state index >= 15 is 0 Å². The number of hydrogen-bond acceptors (Lipinski definition) is 4. The standard InChI is InChI=1S/C20H33N5O.HI/c1-16-6-9-24(10-7-16)19-5-4-17(12-22-19)13-23-20(21-2)25-11-8-18(14-25)15-26-3;/h4-5,12,16,18H,6-11,13-15H2,1-3H3,(H,21,23);1H. The summed E-state index contributed by atoms with van der Waals surface area (Å²) in [4.78, 5) is 13.8. The Labute approximate surface area is 180 Å². The van der Waals surface area contributed by atoms with Crippen LogP contribution in [0.1, 0.15) is 31.7 Å². The number of nitrogens with one attached hydrogen (secondary N) is 1. The van der Waals surface area contributed by atoms with E-state index in [1.165, 1.54) is 24.8 Å². The van der Waals surface area contributed by atoms with Gasteiger partial charge < -0.3 is 19.9 Å². The zero-order valence-corrected chi connectivity index (χ0v) is 19.2. The van der Waals surface area contributed by atoms with Crippen molar-refractivity contribution >= 4 is 35.8 Å². The predicted octanol–water partition coefficient (Wildman–Crippen LogP) is 2.98. The molecule has 1 atom stereocenters. The van der Waals surface area contributed by atoms with Crippen LogP contribution in [-0.4, -0.2) is 62.8 Å². The van der Waals surface area contributed by atoms with Gasteiger partial charge >= 0.3 is 0 Å². The minimum Gasteiger partial charge on any atom is -0.384 e. The number of likely N-dealkylation sites (tertiary alicyclic amines) is 1. The van der Waals surface area contributed by atoms with Gasteiger partial charge in [0, 0.05) is 59.0 Å². The SMILES string of the molecule is CN=C(NCc1ccc(N2CCC(C)CC2)nc1)N1CCC(COC)C1.I. The Hall–Kier alpha value is -1.09. The van der Waals surface area contributed by atoms with Gasteiger partial charge in [0.2, 0.25) is 0 Å². The minimum atomic E-state index is 0. The monoisotopic (exact) mass is 487 g/mol. The lowest BCUT2D eigenvalue weighted by atomic mass is 9.99. The third-order valence-corrected chi connectivity index (χ3v) is 5.57. The normalized spacial score (nSPS) is 21.3. The number of pyridine rings is 1. The summed E-state index contributed by atoms with van der Waals surface area (Å²) >= 11 is 0. The number of rotatable bonds is 5. The van der Waals surface area contributed by atoms with E-state index in [2.05, 4.69) is 44.1 Å². The maximum atomic E-state index is 5.28. The van der Waals surface area contributed by atoms with E-state index in [0.717, 1.165) is 57.0 Å². The van der Waals surface area contributed by atoms with Crippen molar-refractivity contribution in [3.05, 3.63) is 23.9 Å². The van der Waals surface area contributed by atoms with Crippen LogP contribution in [0.3, 0.4) is 0 Å². The van der Waals surface area contributed by atoms with Crippen LogP contribution in [0.25, 0.3) is 0 Å². The molecule has 0 radical (unpaired) electrons. The Balaban J connectivity index is 0.00000261. The Morgan fingerprint density at radius 3 is 2.67 bits per heavy atom. The van der Waals surface area contributed by atoms with Crippen molar-refractivity contribution < 1.29 is 4.74 Å². The molecule has 7 heteroatoms. The van der Waals surface area contributed by atoms with Gasteiger partial charge in [0.05, 0.1) is 6.61 Å². The lowest BCUT2D eigenvalue weighted by molar-refractivity contribution is 0.157. The van der Waals surface area contributed by atoms with Gasteiger partial charge in [0.1, 0.15) is 5.82 Å². The predicted molar refractivity (Wildman–Crippen MR) is 122 cm³/mol. The first-order chi connectivity index (χ1) is 12.7. The molecule has 3 rings (SSSR count). The summed E-state index contributed by atoms with van der Waals surface area (Å²) in [6.07, 6.45) is 5.69. The van der Waals surface area contributed by atoms with Crippen molar-refractivity contribution in [2.75, 3.05) is 51.8 Å². The summed E-state index contributed by atoms with van der Waals surface area (Å²) < 4.78 is 5.28. The van der Waals surface area contributed by atoms with E-state index in [-0.39, 0.29) is 24.0 Å². The van der Waals surface area contributed by atoms with Crippen molar-refractivity contribution in [2.45, 2.75) is 32.7 Å². The first-order valence-electron chi connectivity index (χ1n) is 9.84. The zero-order chi connectivity index (χ0) is 18.4. The molecule has 0 amide bonds. The summed E-state index contributed by atoms with van der Waals surface area (Å²) in [5.41, 5.74) is 1.19. The van der Waals surface area contributed by atoms with Crippen LogP contribution in [0, 0.1) is 11.8 Å². The number of nitrogens with zero attached hydrogens (tertiary/aromatic N) is 4. The van der Waals surface area contributed by atoms with Crippen molar-refractivity contribution in [3.63, 3.8) is 0 Å². The van der Waals surface area contributed by atoms with Crippen LogP contribution in [0.4, 0.5) is 5.82 Å². The maximum absolute atomic E-state index is 5.28. The zero-order valence-electron chi connectivity index (χ0n) is 16.9. The van der Waals surface area contributed by atoms with Crippen molar-refractivity contribution in [1.29, 1.82) is 0 Å². The van der Waals surface area contributed by atoms with Crippen molar-refractivity contribution in [1.82, 2.24) is 15.2 Å². The Kier molecular flexibility index (Phi) is 9.08. The quantitative estimate of drug-likeness (QED) is 0.393. The first kappa shape index (κ1) is 22.2. The lowest BCUT2D eigenvalue weighted by Crippen LogP contribution is -2.39. The highest BCUT2D eigenvalue weighted by Gasteiger charge is 2.24. The van der Waals surface area contributed by atoms with Crippen LogP contribution in [-0.2, 0) is 11.3 Å². The average molecular weight is 487 g/mol. The van der Waals surface area contributed by atoms with Crippen LogP contribution in [0.15, 0.2) is 23.3 Å². The third-order valence-electron chi connectivity index (χ3n) is 5.57. The molecular formula is C20H34IN5O. The summed E-state index contributed by atoms with van der Waals surface area (Å²) in [7, 11) is 3.63. The summed E-state index contributed by atoms with van der Waals surface area (Å²) in [5.74, 6) is 3.52. The molecule has 0 spiro atoms. The topological polar surface area (TPSA) is 53.0 Å². The highest BCUT2D eigenvalue weighted by molar-refractivity contribution is 14.0. The minimum absolute atomic E-state index is 0. The Bertz CT molecular complexity index is 587. The second-order valence-corrected chi connectivity index (χ2v) is 7.65. The van der Waals surface area contributed by atoms with Crippen LogP contribution in [0.2, 0.25) is 0 Å². The smallest absolute Gasteiger partial charge is 0.193 e. The maximum Gasteiger partial charge on any atom is 0.193 e. The fourth-order valence-corrected chi connectivity index (χ4v) is 3.86. The molecular weight excluding hydrogens is 453 g/mol. The molecule has 0 aromatic carbocycles. The lowest BCUT2D eigenvalue weighted by Gasteiger charge is -2.31.